The fourth-order valence-corrected chi connectivity index (χ4v) is 3.70. The summed E-state index contributed by atoms with van der Waals surface area (Å²) in [5, 5.41) is 13.2. The normalized spacial score (nSPS) is 11.6. The van der Waals surface area contributed by atoms with Gasteiger partial charge in [0.1, 0.15) is 17.4 Å². The number of rotatable bonds is 5. The number of fused-ring (bicyclic) bond motifs is 1. The number of nitriles is 1. The number of carbonyl (C=O) groups excluding carboxylic acids is 2. The number of nitrogens with zero attached hydrogens (tertiary/aromatic N) is 1. The second-order valence-corrected chi connectivity index (χ2v) is 8.21. The number of esters is 1. The summed E-state index contributed by atoms with van der Waals surface area (Å²) in [6, 6.07) is 22.9. The lowest BCUT2D eigenvalue weighted by Gasteiger charge is -2.11. The van der Waals surface area contributed by atoms with E-state index in [9.17, 15) is 28.0 Å². The average Bonchev–Trinajstić information content (AvgIpc) is 2.87. The van der Waals surface area contributed by atoms with Gasteiger partial charge in [-0.05, 0) is 58.8 Å². The molecule has 4 rings (SSSR count). The Morgan fingerprint density at radius 1 is 0.946 bits per heavy atom. The molecule has 0 aliphatic carbocycles. The third-order valence-electron chi connectivity index (χ3n) is 5.30. The highest BCUT2D eigenvalue weighted by molar-refractivity contribution is 6.34. The van der Waals surface area contributed by atoms with Crippen LogP contribution in [-0.2, 0) is 11.0 Å². The number of amides is 1. The van der Waals surface area contributed by atoms with Gasteiger partial charge in [0.2, 0.25) is 0 Å². The van der Waals surface area contributed by atoms with Gasteiger partial charge in [0.25, 0.3) is 5.91 Å². The van der Waals surface area contributed by atoms with Gasteiger partial charge in [0, 0.05) is 0 Å². The van der Waals surface area contributed by atoms with E-state index in [1.54, 1.807) is 36.4 Å². The molecule has 0 fully saturated rings. The first-order valence-electron chi connectivity index (χ1n) is 10.8. The van der Waals surface area contributed by atoms with Crippen LogP contribution in [-0.4, -0.2) is 11.9 Å². The summed E-state index contributed by atoms with van der Waals surface area (Å²) >= 11 is 5.92. The van der Waals surface area contributed by atoms with Crippen molar-refractivity contribution in [2.75, 3.05) is 5.32 Å². The minimum absolute atomic E-state index is 0.124. The number of alkyl halides is 3. The van der Waals surface area contributed by atoms with E-state index in [0.29, 0.717) is 17.2 Å². The Hall–Kier alpha value is -4.61. The van der Waals surface area contributed by atoms with E-state index in [1.807, 2.05) is 24.3 Å². The molecule has 4 aromatic carbocycles. The van der Waals surface area contributed by atoms with Crippen molar-refractivity contribution in [3.05, 3.63) is 112 Å². The molecule has 0 saturated heterocycles. The summed E-state index contributed by atoms with van der Waals surface area (Å²) in [5.74, 6) is -1.37. The van der Waals surface area contributed by atoms with Gasteiger partial charge in [-0.15, -0.1) is 0 Å². The molecule has 0 heterocycles. The van der Waals surface area contributed by atoms with Crippen LogP contribution in [0.15, 0.2) is 90.5 Å². The molecule has 0 aliphatic rings. The number of benzene rings is 4. The lowest BCUT2D eigenvalue weighted by atomic mass is 10.0. The Morgan fingerprint density at radius 2 is 1.68 bits per heavy atom. The Balaban J connectivity index is 1.55. The van der Waals surface area contributed by atoms with Crippen LogP contribution in [0, 0.1) is 11.3 Å². The van der Waals surface area contributed by atoms with E-state index in [-0.39, 0.29) is 16.5 Å². The largest absolute Gasteiger partial charge is 0.423 e. The zero-order chi connectivity index (χ0) is 26.6. The molecule has 0 radical (unpaired) electrons. The number of hydrogen-bond donors (Lipinski definition) is 1. The zero-order valence-electron chi connectivity index (χ0n) is 18.8. The van der Waals surface area contributed by atoms with E-state index in [2.05, 4.69) is 5.32 Å². The standard InChI is InChI=1S/C28H16ClF3N2O3/c29-24-12-11-20(28(30,31)32)15-25(24)34-26(35)19(16-33)13-17-5-3-8-21(14-17)37-27(36)23-10-4-7-18-6-1-2-9-22(18)23/h1-15H,(H,34,35)/b19-13+. The second-order valence-electron chi connectivity index (χ2n) is 7.81. The zero-order valence-corrected chi connectivity index (χ0v) is 19.6. The number of carbonyl (C=O) groups is 2. The van der Waals surface area contributed by atoms with E-state index in [0.717, 1.165) is 22.9 Å². The number of nitrogens with one attached hydrogen (secondary N) is 1. The maximum atomic E-state index is 13.0. The first-order valence-corrected chi connectivity index (χ1v) is 11.1. The summed E-state index contributed by atoms with van der Waals surface area (Å²) in [4.78, 5) is 25.4. The van der Waals surface area contributed by atoms with Crippen LogP contribution in [0.4, 0.5) is 18.9 Å². The van der Waals surface area contributed by atoms with Crippen LogP contribution < -0.4 is 10.1 Å². The molecule has 0 saturated carbocycles. The van der Waals surface area contributed by atoms with Crippen LogP contribution in [0.1, 0.15) is 21.5 Å². The van der Waals surface area contributed by atoms with Crippen molar-refractivity contribution in [2.24, 2.45) is 0 Å². The lowest BCUT2D eigenvalue weighted by Crippen LogP contribution is -2.15. The molecule has 0 aromatic heterocycles. The van der Waals surface area contributed by atoms with Crippen molar-refractivity contribution in [1.29, 1.82) is 5.26 Å². The van der Waals surface area contributed by atoms with Gasteiger partial charge in [-0.2, -0.15) is 18.4 Å². The SMILES string of the molecule is N#C/C(=C\c1cccc(OC(=O)c2cccc3ccccc23)c1)C(=O)Nc1cc(C(F)(F)F)ccc1Cl. The van der Waals surface area contributed by atoms with Gasteiger partial charge >= 0.3 is 12.1 Å². The summed E-state index contributed by atoms with van der Waals surface area (Å²) in [7, 11) is 0. The second kappa shape index (κ2) is 10.6. The van der Waals surface area contributed by atoms with Crippen LogP contribution in [0.5, 0.6) is 5.75 Å². The smallest absolute Gasteiger partial charge is 0.416 e. The van der Waals surface area contributed by atoms with E-state index < -0.39 is 29.2 Å². The quantitative estimate of drug-likeness (QED) is 0.130. The van der Waals surface area contributed by atoms with Crippen molar-refractivity contribution >= 4 is 46.0 Å². The van der Waals surface area contributed by atoms with Crippen LogP contribution in [0.25, 0.3) is 16.8 Å². The summed E-state index contributed by atoms with van der Waals surface area (Å²) in [6.07, 6.45) is -3.42. The van der Waals surface area contributed by atoms with Crippen molar-refractivity contribution in [3.8, 4) is 11.8 Å². The van der Waals surface area contributed by atoms with Gasteiger partial charge < -0.3 is 10.1 Å². The maximum Gasteiger partial charge on any atom is 0.416 e. The summed E-state index contributed by atoms with van der Waals surface area (Å²) < 4.78 is 44.5. The fourth-order valence-electron chi connectivity index (χ4n) is 3.54. The van der Waals surface area contributed by atoms with Crippen LogP contribution in [0.3, 0.4) is 0 Å². The van der Waals surface area contributed by atoms with Gasteiger partial charge in [-0.3, -0.25) is 4.79 Å². The van der Waals surface area contributed by atoms with Crippen molar-refractivity contribution in [1.82, 2.24) is 0 Å². The highest BCUT2D eigenvalue weighted by Gasteiger charge is 2.31. The average molecular weight is 521 g/mol. The topological polar surface area (TPSA) is 79.2 Å². The molecule has 184 valence electrons. The molecule has 0 aliphatic heterocycles. The Labute approximate surface area is 214 Å². The monoisotopic (exact) mass is 520 g/mol. The number of anilines is 1. The molecule has 0 bridgehead atoms. The highest BCUT2D eigenvalue weighted by Crippen LogP contribution is 2.34. The van der Waals surface area contributed by atoms with Gasteiger partial charge in [0.05, 0.1) is 21.8 Å². The van der Waals surface area contributed by atoms with Gasteiger partial charge in [-0.1, -0.05) is 60.1 Å². The first-order chi connectivity index (χ1) is 17.7. The van der Waals surface area contributed by atoms with E-state index in [4.69, 9.17) is 16.3 Å². The van der Waals surface area contributed by atoms with Crippen LogP contribution >= 0.6 is 11.6 Å². The minimum atomic E-state index is -4.64. The summed E-state index contributed by atoms with van der Waals surface area (Å²) in [5.41, 5.74) is -0.971. The molecule has 1 N–H and O–H groups in total. The molecule has 0 spiro atoms. The molecule has 1 amide bonds. The minimum Gasteiger partial charge on any atom is -0.423 e. The van der Waals surface area contributed by atoms with Crippen molar-refractivity contribution in [3.63, 3.8) is 0 Å². The molecule has 0 unspecified atom stereocenters. The Morgan fingerprint density at radius 3 is 2.43 bits per heavy atom. The third kappa shape index (κ3) is 5.97. The molecule has 9 heteroatoms. The lowest BCUT2D eigenvalue weighted by molar-refractivity contribution is -0.137. The van der Waals surface area contributed by atoms with Crippen LogP contribution in [0.2, 0.25) is 5.02 Å². The van der Waals surface area contributed by atoms with Gasteiger partial charge in [-0.25, -0.2) is 4.79 Å². The number of ether oxygens (including phenoxy) is 1. The molecular formula is C28H16ClF3N2O3. The number of halogens is 4. The third-order valence-corrected chi connectivity index (χ3v) is 5.63. The molecular weight excluding hydrogens is 505 g/mol. The molecule has 4 aromatic rings. The molecule has 0 atom stereocenters. The van der Waals surface area contributed by atoms with E-state index >= 15 is 0 Å². The first kappa shape index (κ1) is 25.5. The van der Waals surface area contributed by atoms with E-state index in [1.165, 1.54) is 18.2 Å². The summed E-state index contributed by atoms with van der Waals surface area (Å²) in [6.45, 7) is 0. The molecule has 5 nitrogen and oxygen atoms in total. The van der Waals surface area contributed by atoms with Gasteiger partial charge in [0.15, 0.2) is 0 Å². The maximum absolute atomic E-state index is 13.0. The molecule has 37 heavy (non-hydrogen) atoms. The fraction of sp³-hybridized carbons (Fsp3) is 0.0357. The van der Waals surface area contributed by atoms with Crippen molar-refractivity contribution in [2.45, 2.75) is 6.18 Å². The van der Waals surface area contributed by atoms with Crippen molar-refractivity contribution < 1.29 is 27.5 Å². The predicted octanol–water partition coefficient (Wildman–Crippen LogP) is 7.28. The Kier molecular flexibility index (Phi) is 7.27. The predicted molar refractivity (Wildman–Crippen MR) is 134 cm³/mol. The Bertz CT molecular complexity index is 1580. The highest BCUT2D eigenvalue weighted by atomic mass is 35.5. The number of hydrogen-bond acceptors (Lipinski definition) is 4.